The minimum atomic E-state index is -0.843. The monoisotopic (exact) mass is 167 g/mol. The zero-order valence-electron chi connectivity index (χ0n) is 6.23. The number of nitrogens with zero attached hydrogens (tertiary/aromatic N) is 2. The van der Waals surface area contributed by atoms with E-state index in [2.05, 4.69) is 20.6 Å². The molecule has 12 heavy (non-hydrogen) atoms. The van der Waals surface area contributed by atoms with E-state index in [1.807, 2.05) is 0 Å². The van der Waals surface area contributed by atoms with Gasteiger partial charge in [0.25, 0.3) is 0 Å². The summed E-state index contributed by atoms with van der Waals surface area (Å²) in [6.45, 7) is 0. The van der Waals surface area contributed by atoms with Crippen LogP contribution in [-0.4, -0.2) is 21.4 Å². The minimum absolute atomic E-state index is 0.471. The highest BCUT2D eigenvalue weighted by Crippen LogP contribution is 2.19. The summed E-state index contributed by atoms with van der Waals surface area (Å²) in [5, 5.41) is 14.9. The second-order valence-corrected chi connectivity index (χ2v) is 2.48. The number of fused-ring (bicyclic) bond motifs is 1. The summed E-state index contributed by atoms with van der Waals surface area (Å²) in [4.78, 5) is 7.91. The molecule has 5 N–H and O–H groups in total. The zero-order chi connectivity index (χ0) is 8.55. The Labute approximate surface area is 68.8 Å². The molecule has 0 saturated carbocycles. The van der Waals surface area contributed by atoms with Crippen LogP contribution in [-0.2, 0) is 0 Å². The number of aromatic nitrogens is 2. The summed E-state index contributed by atoms with van der Waals surface area (Å²) in [7, 11) is 0. The Kier molecular flexibility index (Phi) is 1.65. The molecule has 0 bridgehead atoms. The number of nitrogens with one attached hydrogen (secondary N) is 2. The molecule has 0 radical (unpaired) electrons. The molecule has 2 heterocycles. The van der Waals surface area contributed by atoms with Crippen LogP contribution in [0.2, 0.25) is 0 Å². The molecular formula is C6H9N5O. The number of anilines is 1. The van der Waals surface area contributed by atoms with Gasteiger partial charge in [-0.15, -0.1) is 0 Å². The molecule has 2 unspecified atom stereocenters. The highest BCUT2D eigenvalue weighted by Gasteiger charge is 2.23. The normalized spacial score (nSPS) is 27.5. The van der Waals surface area contributed by atoms with Crippen LogP contribution in [0.25, 0.3) is 0 Å². The molecule has 6 heteroatoms. The summed E-state index contributed by atoms with van der Waals surface area (Å²) in [6.07, 6.45) is 1.73. The van der Waals surface area contributed by atoms with E-state index < -0.39 is 12.5 Å². The van der Waals surface area contributed by atoms with E-state index >= 15 is 0 Å². The predicted molar refractivity (Wildman–Crippen MR) is 41.7 cm³/mol. The molecule has 1 aliphatic rings. The lowest BCUT2D eigenvalue weighted by Crippen LogP contribution is -2.49. The minimum Gasteiger partial charge on any atom is -0.372 e. The van der Waals surface area contributed by atoms with E-state index in [1.54, 1.807) is 0 Å². The van der Waals surface area contributed by atoms with Crippen molar-refractivity contribution >= 4 is 5.82 Å². The molecule has 2 rings (SSSR count). The fraction of sp³-hybridized carbons (Fsp3) is 0.333. The number of aliphatic hydroxyl groups excluding tert-OH is 1. The van der Waals surface area contributed by atoms with E-state index in [1.165, 1.54) is 12.4 Å². The molecule has 0 fully saturated rings. The molecule has 0 spiro atoms. The predicted octanol–water partition coefficient (Wildman–Crippen LogP) is -1.28. The molecule has 1 aliphatic heterocycles. The number of hydrogen-bond donors (Lipinski definition) is 4. The van der Waals surface area contributed by atoms with E-state index in [9.17, 15) is 5.11 Å². The van der Waals surface area contributed by atoms with Gasteiger partial charge in [-0.3, -0.25) is 16.0 Å². The van der Waals surface area contributed by atoms with Crippen LogP contribution in [0.4, 0.5) is 5.82 Å². The summed E-state index contributed by atoms with van der Waals surface area (Å²) in [5.41, 5.74) is 5.96. The number of aliphatic hydroxyl groups is 1. The average Bonchev–Trinajstić information content (AvgIpc) is 2.04. The Morgan fingerprint density at radius 2 is 2.17 bits per heavy atom. The van der Waals surface area contributed by atoms with Crippen LogP contribution in [0.3, 0.4) is 0 Å². The van der Waals surface area contributed by atoms with Crippen LogP contribution in [0, 0.1) is 0 Å². The molecule has 2 atom stereocenters. The van der Waals surface area contributed by atoms with Gasteiger partial charge in [0.2, 0.25) is 0 Å². The largest absolute Gasteiger partial charge is 0.372 e. The van der Waals surface area contributed by atoms with Gasteiger partial charge in [-0.2, -0.15) is 0 Å². The first-order chi connectivity index (χ1) is 5.77. The third-order valence-corrected chi connectivity index (χ3v) is 1.62. The third-order valence-electron chi connectivity index (χ3n) is 1.62. The molecule has 0 aliphatic carbocycles. The summed E-state index contributed by atoms with van der Waals surface area (Å²) < 4.78 is 0. The van der Waals surface area contributed by atoms with Gasteiger partial charge in [0.05, 0.1) is 0 Å². The third kappa shape index (κ3) is 1.11. The summed E-state index contributed by atoms with van der Waals surface area (Å²) in [5.74, 6) is 0.524. The Morgan fingerprint density at radius 3 is 3.00 bits per heavy atom. The standard InChI is InChI=1S/C6H9N5O/c7-6-10-4-3(5(12)11-6)8-1-2-9-4/h1-2,5-6,11-12H,7H2,(H,9,10). The van der Waals surface area contributed by atoms with Crippen LogP contribution in [0.1, 0.15) is 11.9 Å². The van der Waals surface area contributed by atoms with E-state index in [0.717, 1.165) is 0 Å². The van der Waals surface area contributed by atoms with E-state index in [0.29, 0.717) is 11.5 Å². The molecule has 6 nitrogen and oxygen atoms in total. The highest BCUT2D eigenvalue weighted by molar-refractivity contribution is 5.43. The Bertz CT molecular complexity index is 291. The first-order valence-corrected chi connectivity index (χ1v) is 3.54. The first-order valence-electron chi connectivity index (χ1n) is 3.54. The lowest BCUT2D eigenvalue weighted by Gasteiger charge is -2.27. The van der Waals surface area contributed by atoms with Gasteiger partial charge in [0.1, 0.15) is 12.0 Å². The van der Waals surface area contributed by atoms with Crippen molar-refractivity contribution in [2.45, 2.75) is 12.5 Å². The summed E-state index contributed by atoms with van der Waals surface area (Å²) in [6, 6.07) is 0. The van der Waals surface area contributed by atoms with Crippen molar-refractivity contribution in [2.24, 2.45) is 5.73 Å². The lowest BCUT2D eigenvalue weighted by molar-refractivity contribution is 0.118. The van der Waals surface area contributed by atoms with Crippen molar-refractivity contribution in [1.29, 1.82) is 0 Å². The number of hydrogen-bond acceptors (Lipinski definition) is 6. The van der Waals surface area contributed by atoms with Crippen molar-refractivity contribution in [3.05, 3.63) is 18.1 Å². The molecule has 64 valence electrons. The lowest BCUT2D eigenvalue weighted by atomic mass is 10.3. The maximum atomic E-state index is 9.40. The Morgan fingerprint density at radius 1 is 1.42 bits per heavy atom. The maximum Gasteiger partial charge on any atom is 0.154 e. The maximum absolute atomic E-state index is 9.40. The first kappa shape index (κ1) is 7.41. The molecular weight excluding hydrogens is 158 g/mol. The number of nitrogens with two attached hydrogens (primary N) is 1. The molecule has 0 aromatic carbocycles. The van der Waals surface area contributed by atoms with Crippen molar-refractivity contribution in [3.63, 3.8) is 0 Å². The van der Waals surface area contributed by atoms with Crippen molar-refractivity contribution < 1.29 is 5.11 Å². The van der Waals surface area contributed by atoms with Gasteiger partial charge in [-0.05, 0) is 0 Å². The molecule has 0 saturated heterocycles. The Balaban J connectivity index is 2.40. The molecule has 1 aromatic heterocycles. The zero-order valence-corrected chi connectivity index (χ0v) is 6.23. The second kappa shape index (κ2) is 2.67. The fourth-order valence-corrected chi connectivity index (χ4v) is 1.10. The van der Waals surface area contributed by atoms with Gasteiger partial charge >= 0.3 is 0 Å². The van der Waals surface area contributed by atoms with Gasteiger partial charge in [-0.25, -0.2) is 4.98 Å². The van der Waals surface area contributed by atoms with Crippen LogP contribution < -0.4 is 16.4 Å². The topological polar surface area (TPSA) is 96.1 Å². The number of rotatable bonds is 0. The highest BCUT2D eigenvalue weighted by atomic mass is 16.3. The Hall–Kier alpha value is -1.24. The van der Waals surface area contributed by atoms with Gasteiger partial charge in [-0.1, -0.05) is 0 Å². The van der Waals surface area contributed by atoms with Crippen molar-refractivity contribution in [1.82, 2.24) is 15.3 Å². The smallest absolute Gasteiger partial charge is 0.154 e. The van der Waals surface area contributed by atoms with Gasteiger partial charge in [0, 0.05) is 12.4 Å². The molecule has 0 amide bonds. The van der Waals surface area contributed by atoms with Gasteiger partial charge < -0.3 is 10.4 Å². The second-order valence-electron chi connectivity index (χ2n) is 2.48. The quantitative estimate of drug-likeness (QED) is 0.384. The SMILES string of the molecule is NC1Nc2nccnc2C(O)N1. The van der Waals surface area contributed by atoms with E-state index in [-0.39, 0.29) is 0 Å². The van der Waals surface area contributed by atoms with Gasteiger partial charge in [0.15, 0.2) is 12.0 Å². The van der Waals surface area contributed by atoms with Crippen LogP contribution in [0.15, 0.2) is 12.4 Å². The van der Waals surface area contributed by atoms with Crippen molar-refractivity contribution in [2.75, 3.05) is 5.32 Å². The average molecular weight is 167 g/mol. The van der Waals surface area contributed by atoms with Crippen LogP contribution >= 0.6 is 0 Å². The summed E-state index contributed by atoms with van der Waals surface area (Å²) >= 11 is 0. The van der Waals surface area contributed by atoms with Crippen LogP contribution in [0.5, 0.6) is 0 Å². The fourth-order valence-electron chi connectivity index (χ4n) is 1.10. The molecule has 1 aromatic rings. The van der Waals surface area contributed by atoms with E-state index in [4.69, 9.17) is 5.73 Å². The van der Waals surface area contributed by atoms with Crippen molar-refractivity contribution in [3.8, 4) is 0 Å².